The van der Waals surface area contributed by atoms with Crippen LogP contribution in [0.3, 0.4) is 0 Å². The Labute approximate surface area is 138 Å². The van der Waals surface area contributed by atoms with Gasteiger partial charge in [0.05, 0.1) is 18.0 Å². The van der Waals surface area contributed by atoms with Crippen LogP contribution in [-0.4, -0.2) is 25.5 Å². The van der Waals surface area contributed by atoms with Crippen molar-refractivity contribution in [2.75, 3.05) is 18.2 Å². The smallest absolute Gasteiger partial charge is 0.159 e. The van der Waals surface area contributed by atoms with Crippen molar-refractivity contribution >= 4 is 11.4 Å². The summed E-state index contributed by atoms with van der Waals surface area (Å²) in [5.41, 5.74) is 5.90. The van der Waals surface area contributed by atoms with Crippen LogP contribution in [0.15, 0.2) is 60.7 Å². The summed E-state index contributed by atoms with van der Waals surface area (Å²) in [6.07, 6.45) is 1.71. The summed E-state index contributed by atoms with van der Waals surface area (Å²) in [6.45, 7) is 3.40. The Hall–Kier alpha value is -1.88. The first-order valence-corrected chi connectivity index (χ1v) is 8.26. The van der Waals surface area contributed by atoms with Gasteiger partial charge >= 0.3 is 0 Å². The lowest BCUT2D eigenvalue weighted by Gasteiger charge is -2.35. The number of para-hydroxylation sites is 2. The summed E-state index contributed by atoms with van der Waals surface area (Å²) >= 11 is 0. The van der Waals surface area contributed by atoms with Crippen LogP contribution in [-0.2, 0) is 9.47 Å². The number of hydrazine groups is 1. The number of benzene rings is 2. The zero-order valence-electron chi connectivity index (χ0n) is 13.5. The summed E-state index contributed by atoms with van der Waals surface area (Å²) < 4.78 is 11.3. The zero-order chi connectivity index (χ0) is 15.9. The Bertz CT molecular complexity index is 535. The first-order chi connectivity index (χ1) is 11.4. The normalized spacial score (nSPS) is 21.1. The van der Waals surface area contributed by atoms with Crippen LogP contribution in [0.25, 0.3) is 0 Å². The minimum atomic E-state index is -0.111. The van der Waals surface area contributed by atoms with Gasteiger partial charge in [-0.1, -0.05) is 36.4 Å². The molecule has 4 nitrogen and oxygen atoms in total. The van der Waals surface area contributed by atoms with Crippen molar-refractivity contribution < 1.29 is 9.47 Å². The Morgan fingerprint density at radius 2 is 1.65 bits per heavy atom. The average Bonchev–Trinajstić information content (AvgIpc) is 2.62. The topological polar surface area (TPSA) is 33.7 Å². The van der Waals surface area contributed by atoms with E-state index in [-0.39, 0.29) is 6.29 Å². The minimum absolute atomic E-state index is 0.111. The van der Waals surface area contributed by atoms with E-state index in [9.17, 15) is 0 Å². The number of anilines is 2. The van der Waals surface area contributed by atoms with E-state index in [0.717, 1.165) is 30.8 Å². The van der Waals surface area contributed by atoms with Crippen molar-refractivity contribution in [1.82, 2.24) is 5.43 Å². The highest BCUT2D eigenvalue weighted by molar-refractivity contribution is 5.61. The van der Waals surface area contributed by atoms with Gasteiger partial charge in [-0.25, -0.2) is 5.43 Å². The van der Waals surface area contributed by atoms with Crippen LogP contribution in [0.2, 0.25) is 0 Å². The molecule has 1 aliphatic rings. The number of ether oxygens (including phenoxy) is 2. The number of hydrogen-bond acceptors (Lipinski definition) is 4. The fraction of sp³-hybridized carbons (Fsp3) is 0.368. The van der Waals surface area contributed by atoms with Crippen LogP contribution in [0, 0.1) is 0 Å². The lowest BCUT2D eigenvalue weighted by molar-refractivity contribution is -0.165. The van der Waals surface area contributed by atoms with Crippen molar-refractivity contribution in [3.8, 4) is 0 Å². The highest BCUT2D eigenvalue weighted by Gasteiger charge is 2.25. The fourth-order valence-corrected chi connectivity index (χ4v) is 2.81. The van der Waals surface area contributed by atoms with Gasteiger partial charge in [-0.05, 0) is 37.6 Å². The number of rotatable bonds is 6. The molecule has 0 spiro atoms. The van der Waals surface area contributed by atoms with Crippen molar-refractivity contribution in [1.29, 1.82) is 0 Å². The molecular formula is C19H24N2O2. The summed E-state index contributed by atoms with van der Waals surface area (Å²) in [5, 5.41) is 2.15. The third-order valence-electron chi connectivity index (χ3n) is 3.94. The summed E-state index contributed by atoms with van der Waals surface area (Å²) in [5.74, 6) is 0. The largest absolute Gasteiger partial charge is 0.353 e. The third kappa shape index (κ3) is 4.32. The first-order valence-electron chi connectivity index (χ1n) is 8.26. The lowest BCUT2D eigenvalue weighted by atomic mass is 10.1. The molecule has 1 aliphatic heterocycles. The van der Waals surface area contributed by atoms with Gasteiger partial charge in [0.1, 0.15) is 0 Å². The van der Waals surface area contributed by atoms with Crippen LogP contribution in [0.5, 0.6) is 0 Å². The van der Waals surface area contributed by atoms with E-state index in [1.54, 1.807) is 0 Å². The predicted molar refractivity (Wildman–Crippen MR) is 92.5 cm³/mol. The lowest BCUT2D eigenvalue weighted by Crippen LogP contribution is -2.47. The molecule has 1 fully saturated rings. The molecule has 122 valence electrons. The van der Waals surface area contributed by atoms with Gasteiger partial charge in [0.2, 0.25) is 0 Å². The fourth-order valence-electron chi connectivity index (χ4n) is 2.81. The van der Waals surface area contributed by atoms with E-state index in [0.29, 0.717) is 12.6 Å². The van der Waals surface area contributed by atoms with Crippen molar-refractivity contribution in [2.24, 2.45) is 0 Å². The minimum Gasteiger partial charge on any atom is -0.353 e. The number of nitrogens with one attached hydrogen (secondary N) is 1. The molecular weight excluding hydrogens is 288 g/mol. The molecule has 1 heterocycles. The van der Waals surface area contributed by atoms with Gasteiger partial charge in [0.25, 0.3) is 0 Å². The molecule has 2 aromatic rings. The Morgan fingerprint density at radius 1 is 1.04 bits per heavy atom. The molecule has 0 radical (unpaired) electrons. The highest BCUT2D eigenvalue weighted by Crippen LogP contribution is 2.25. The Balaban J connectivity index is 1.77. The van der Waals surface area contributed by atoms with E-state index < -0.39 is 0 Å². The first kappa shape index (κ1) is 16.0. The second kappa shape index (κ2) is 8.11. The molecule has 2 aromatic carbocycles. The van der Waals surface area contributed by atoms with E-state index in [1.165, 1.54) is 0 Å². The molecule has 23 heavy (non-hydrogen) atoms. The summed E-state index contributed by atoms with van der Waals surface area (Å²) in [6, 6.07) is 21.1. The summed E-state index contributed by atoms with van der Waals surface area (Å²) in [4.78, 5) is 0. The molecule has 0 aromatic heterocycles. The van der Waals surface area contributed by atoms with Gasteiger partial charge in [0.15, 0.2) is 6.29 Å². The second-order valence-electron chi connectivity index (χ2n) is 5.61. The Kier molecular flexibility index (Phi) is 5.64. The standard InChI is InChI=1S/C19H24N2O2/c1-2-22-19-15-16(13-14-23-19)20-21(17-9-5-3-6-10-17)18-11-7-4-8-12-18/h3-12,16,19-20H,2,13-15H2,1H3/t16-,19+/m1/s1. The molecule has 2 atom stereocenters. The van der Waals surface area contributed by atoms with Crippen LogP contribution >= 0.6 is 0 Å². The SMILES string of the molecule is CCO[C@@H]1C[C@H](NN(c2ccccc2)c2ccccc2)CCO1. The molecule has 0 unspecified atom stereocenters. The highest BCUT2D eigenvalue weighted by atomic mass is 16.7. The molecule has 3 rings (SSSR count). The van der Waals surface area contributed by atoms with Crippen molar-refractivity contribution in [2.45, 2.75) is 32.1 Å². The van der Waals surface area contributed by atoms with E-state index in [2.05, 4.69) is 59.0 Å². The molecule has 0 aliphatic carbocycles. The van der Waals surface area contributed by atoms with Gasteiger partial charge in [-0.2, -0.15) is 0 Å². The quantitative estimate of drug-likeness (QED) is 0.821. The molecule has 1 N–H and O–H groups in total. The number of nitrogens with zero attached hydrogens (tertiary/aromatic N) is 1. The zero-order valence-corrected chi connectivity index (χ0v) is 13.5. The van der Waals surface area contributed by atoms with Gasteiger partial charge in [-0.3, -0.25) is 5.01 Å². The molecule has 0 saturated carbocycles. The van der Waals surface area contributed by atoms with Crippen LogP contribution in [0.4, 0.5) is 11.4 Å². The third-order valence-corrected chi connectivity index (χ3v) is 3.94. The van der Waals surface area contributed by atoms with Gasteiger partial charge < -0.3 is 9.47 Å². The molecule has 4 heteroatoms. The number of hydrogen-bond donors (Lipinski definition) is 1. The van der Waals surface area contributed by atoms with E-state index in [1.807, 2.05) is 19.1 Å². The van der Waals surface area contributed by atoms with Crippen molar-refractivity contribution in [3.05, 3.63) is 60.7 Å². The monoisotopic (exact) mass is 312 g/mol. The van der Waals surface area contributed by atoms with Crippen LogP contribution in [0.1, 0.15) is 19.8 Å². The average molecular weight is 312 g/mol. The maximum Gasteiger partial charge on any atom is 0.159 e. The predicted octanol–water partition coefficient (Wildman–Crippen LogP) is 3.87. The molecule has 1 saturated heterocycles. The van der Waals surface area contributed by atoms with E-state index >= 15 is 0 Å². The van der Waals surface area contributed by atoms with Crippen LogP contribution < -0.4 is 10.4 Å². The second-order valence-corrected chi connectivity index (χ2v) is 5.61. The summed E-state index contributed by atoms with van der Waals surface area (Å²) in [7, 11) is 0. The maximum absolute atomic E-state index is 5.66. The Morgan fingerprint density at radius 3 is 2.22 bits per heavy atom. The van der Waals surface area contributed by atoms with E-state index in [4.69, 9.17) is 9.47 Å². The molecule has 0 amide bonds. The molecule has 0 bridgehead atoms. The van der Waals surface area contributed by atoms with Crippen molar-refractivity contribution in [3.63, 3.8) is 0 Å². The van der Waals surface area contributed by atoms with Gasteiger partial charge in [0, 0.05) is 19.1 Å². The maximum atomic E-state index is 5.66. The van der Waals surface area contributed by atoms with Gasteiger partial charge in [-0.15, -0.1) is 0 Å².